The topological polar surface area (TPSA) is 77.5 Å². The first kappa shape index (κ1) is 14.2. The monoisotopic (exact) mass is 313 g/mol. The van der Waals surface area contributed by atoms with E-state index >= 15 is 0 Å². The normalized spacial score (nSPS) is 11.3. The molecule has 0 amide bonds. The molecule has 0 atom stereocenters. The number of rotatable bonds is 3. The van der Waals surface area contributed by atoms with Gasteiger partial charge in [0, 0.05) is 12.1 Å². The highest BCUT2D eigenvalue weighted by molar-refractivity contribution is 7.13. The van der Waals surface area contributed by atoms with Gasteiger partial charge in [-0.2, -0.15) is 5.10 Å². The molecule has 0 aliphatic heterocycles. The number of benzene rings is 2. The maximum atomic E-state index is 12.2. The second-order valence-electron chi connectivity index (χ2n) is 4.76. The summed E-state index contributed by atoms with van der Waals surface area (Å²) in [7, 11) is 0. The van der Waals surface area contributed by atoms with Gasteiger partial charge in [0.15, 0.2) is 0 Å². The summed E-state index contributed by atoms with van der Waals surface area (Å²) in [4.78, 5) is 22.3. The predicted octanol–water partition coefficient (Wildman–Crippen LogP) is 3.16. The van der Waals surface area contributed by atoms with Gasteiger partial charge in [0.25, 0.3) is 11.2 Å². The summed E-state index contributed by atoms with van der Waals surface area (Å²) in [6, 6.07) is 11.7. The van der Waals surface area contributed by atoms with Crippen LogP contribution in [0.15, 0.2) is 52.4 Å². The fraction of sp³-hybridized carbons (Fsp3) is 0.0667. The Hall–Kier alpha value is -2.80. The van der Waals surface area contributed by atoms with Crippen molar-refractivity contribution < 1.29 is 4.92 Å². The van der Waals surface area contributed by atoms with Gasteiger partial charge >= 0.3 is 0 Å². The van der Waals surface area contributed by atoms with Crippen molar-refractivity contribution in [2.45, 2.75) is 6.92 Å². The highest BCUT2D eigenvalue weighted by Gasteiger charge is 2.07. The molecular weight excluding hydrogens is 302 g/mol. The van der Waals surface area contributed by atoms with E-state index < -0.39 is 4.92 Å². The molecule has 0 saturated heterocycles. The van der Waals surface area contributed by atoms with Crippen molar-refractivity contribution in [2.24, 2.45) is 5.10 Å². The molecule has 3 aromatic rings. The number of nitrogens with zero attached hydrogens (tertiary/aromatic N) is 3. The Balaban J connectivity index is 1.94. The zero-order valence-corrected chi connectivity index (χ0v) is 12.4. The lowest BCUT2D eigenvalue weighted by molar-refractivity contribution is -0.384. The minimum absolute atomic E-state index is 0.0201. The molecule has 0 bridgehead atoms. The highest BCUT2D eigenvalue weighted by Crippen LogP contribution is 2.18. The number of hydrogen-bond donors (Lipinski definition) is 0. The minimum atomic E-state index is -0.459. The van der Waals surface area contributed by atoms with Crippen molar-refractivity contribution >= 4 is 33.5 Å². The van der Waals surface area contributed by atoms with Gasteiger partial charge in [-0.05, 0) is 48.3 Å². The molecule has 3 rings (SSSR count). The van der Waals surface area contributed by atoms with Gasteiger partial charge in [-0.15, -0.1) is 4.07 Å². The molecule has 0 fully saturated rings. The minimum Gasteiger partial charge on any atom is -0.266 e. The Morgan fingerprint density at radius 2 is 1.95 bits per heavy atom. The Morgan fingerprint density at radius 3 is 2.64 bits per heavy atom. The molecule has 7 heteroatoms. The van der Waals surface area contributed by atoms with E-state index in [9.17, 15) is 14.9 Å². The van der Waals surface area contributed by atoms with Crippen LogP contribution in [0.3, 0.4) is 0 Å². The van der Waals surface area contributed by atoms with Gasteiger partial charge in [-0.1, -0.05) is 11.6 Å². The molecule has 0 saturated carbocycles. The van der Waals surface area contributed by atoms with Crippen molar-refractivity contribution in [1.29, 1.82) is 0 Å². The summed E-state index contributed by atoms with van der Waals surface area (Å²) in [6.45, 7) is 1.93. The van der Waals surface area contributed by atoms with E-state index in [4.69, 9.17) is 0 Å². The number of aromatic nitrogens is 1. The van der Waals surface area contributed by atoms with Crippen molar-refractivity contribution in [2.75, 3.05) is 0 Å². The summed E-state index contributed by atoms with van der Waals surface area (Å²) in [5.74, 6) is 0. The van der Waals surface area contributed by atoms with Gasteiger partial charge in [-0.25, -0.2) is 0 Å². The van der Waals surface area contributed by atoms with Crippen LogP contribution in [0.25, 0.3) is 10.1 Å². The Morgan fingerprint density at radius 1 is 1.23 bits per heavy atom. The van der Waals surface area contributed by atoms with E-state index in [1.807, 2.05) is 25.1 Å². The number of hydrogen-bond acceptors (Lipinski definition) is 5. The lowest BCUT2D eigenvalue weighted by Crippen LogP contribution is -2.08. The van der Waals surface area contributed by atoms with Crippen LogP contribution in [-0.2, 0) is 0 Å². The van der Waals surface area contributed by atoms with Crippen LogP contribution in [0.4, 0.5) is 5.69 Å². The first-order chi connectivity index (χ1) is 10.5. The largest absolute Gasteiger partial charge is 0.289 e. The van der Waals surface area contributed by atoms with Crippen LogP contribution in [-0.4, -0.2) is 15.2 Å². The summed E-state index contributed by atoms with van der Waals surface area (Å²) >= 11 is 1.26. The van der Waals surface area contributed by atoms with Crippen LogP contribution in [0.1, 0.15) is 11.1 Å². The predicted molar refractivity (Wildman–Crippen MR) is 86.9 cm³/mol. The molecule has 0 N–H and O–H groups in total. The first-order valence-electron chi connectivity index (χ1n) is 6.46. The lowest BCUT2D eigenvalue weighted by atomic mass is 10.2. The molecule has 0 aliphatic rings. The molecule has 1 aromatic heterocycles. The fourth-order valence-corrected chi connectivity index (χ4v) is 2.84. The van der Waals surface area contributed by atoms with E-state index in [1.54, 1.807) is 12.1 Å². The van der Waals surface area contributed by atoms with E-state index in [2.05, 4.69) is 5.10 Å². The zero-order chi connectivity index (χ0) is 15.7. The molecule has 0 spiro atoms. The van der Waals surface area contributed by atoms with Gasteiger partial charge < -0.3 is 0 Å². The molecule has 22 heavy (non-hydrogen) atoms. The summed E-state index contributed by atoms with van der Waals surface area (Å²) in [5, 5.41) is 15.4. The smallest absolute Gasteiger partial charge is 0.266 e. The van der Waals surface area contributed by atoms with Crippen LogP contribution >= 0.6 is 11.5 Å². The third-order valence-corrected chi connectivity index (χ3v) is 4.13. The number of nitro groups is 1. The van der Waals surface area contributed by atoms with Gasteiger partial charge in [-0.3, -0.25) is 14.9 Å². The maximum Gasteiger partial charge on any atom is 0.289 e. The highest BCUT2D eigenvalue weighted by atomic mass is 32.1. The second kappa shape index (κ2) is 5.53. The quantitative estimate of drug-likeness (QED) is 0.423. The molecule has 0 unspecified atom stereocenters. The van der Waals surface area contributed by atoms with Gasteiger partial charge in [0.1, 0.15) is 0 Å². The summed E-state index contributed by atoms with van der Waals surface area (Å²) in [6.07, 6.45) is 1.51. The van der Waals surface area contributed by atoms with Crippen molar-refractivity contribution in [3.63, 3.8) is 0 Å². The average molecular weight is 313 g/mol. The van der Waals surface area contributed by atoms with Crippen LogP contribution in [0.2, 0.25) is 0 Å². The fourth-order valence-electron chi connectivity index (χ4n) is 2.01. The number of nitro benzene ring substituents is 1. The van der Waals surface area contributed by atoms with Crippen LogP contribution < -0.4 is 5.56 Å². The standard InChI is InChI=1S/C15H11N3O3S/c1-10-2-7-14-13(8-10)15(19)17(22-14)16-9-11-3-5-12(6-4-11)18(20)21/h2-9H,1H3/b16-9+. The molecule has 1 heterocycles. The maximum absolute atomic E-state index is 12.2. The average Bonchev–Trinajstić information content (AvgIpc) is 2.82. The lowest BCUT2D eigenvalue weighted by Gasteiger charge is -1.93. The molecule has 0 aliphatic carbocycles. The van der Waals surface area contributed by atoms with Crippen molar-refractivity contribution in [3.05, 3.63) is 74.1 Å². The third-order valence-electron chi connectivity index (χ3n) is 3.14. The summed E-state index contributed by atoms with van der Waals surface area (Å²) < 4.78 is 2.18. The summed E-state index contributed by atoms with van der Waals surface area (Å²) in [5.41, 5.74) is 1.56. The third kappa shape index (κ3) is 2.66. The molecule has 6 nitrogen and oxygen atoms in total. The van der Waals surface area contributed by atoms with E-state index in [0.717, 1.165) is 10.3 Å². The Labute approximate surface area is 129 Å². The van der Waals surface area contributed by atoms with Gasteiger partial charge in [0.2, 0.25) is 0 Å². The number of fused-ring (bicyclic) bond motifs is 1. The van der Waals surface area contributed by atoms with Crippen molar-refractivity contribution in [3.8, 4) is 0 Å². The first-order valence-corrected chi connectivity index (χ1v) is 7.23. The zero-order valence-electron chi connectivity index (χ0n) is 11.6. The molecule has 2 aromatic carbocycles. The van der Waals surface area contributed by atoms with E-state index in [0.29, 0.717) is 10.9 Å². The van der Waals surface area contributed by atoms with Crippen molar-refractivity contribution in [1.82, 2.24) is 4.07 Å². The van der Waals surface area contributed by atoms with E-state index in [-0.39, 0.29) is 11.2 Å². The van der Waals surface area contributed by atoms with Crippen LogP contribution in [0.5, 0.6) is 0 Å². The SMILES string of the molecule is Cc1ccc2sn(/N=C/c3ccc([N+](=O)[O-])cc3)c(=O)c2c1. The van der Waals surface area contributed by atoms with E-state index in [1.165, 1.54) is 33.9 Å². The number of non-ortho nitro benzene ring substituents is 1. The second-order valence-corrected chi connectivity index (χ2v) is 5.73. The Kier molecular flexibility index (Phi) is 3.56. The Bertz CT molecular complexity index is 939. The van der Waals surface area contributed by atoms with Gasteiger partial charge in [0.05, 0.1) is 21.2 Å². The molecule has 0 radical (unpaired) electrons. The molecule has 110 valence electrons. The molecular formula is C15H11N3O3S. The number of aryl methyl sites for hydroxylation is 1. The van der Waals surface area contributed by atoms with Crippen LogP contribution in [0, 0.1) is 17.0 Å².